The first-order valence-electron chi connectivity index (χ1n) is 11.7. The molecular formula is C25H39NO3. The Labute approximate surface area is 176 Å². The van der Waals surface area contributed by atoms with Crippen molar-refractivity contribution in [3.63, 3.8) is 0 Å². The van der Waals surface area contributed by atoms with E-state index in [1.165, 1.54) is 70.3 Å². The largest absolute Gasteiger partial charge is 0.508 e. The Hall–Kier alpha value is -1.71. The molecule has 1 amide bonds. The maximum Gasteiger partial charge on any atom is 0.223 e. The molecule has 2 N–H and O–H groups in total. The third-order valence-electron chi connectivity index (χ3n) is 7.13. The molecule has 0 saturated heterocycles. The van der Waals surface area contributed by atoms with E-state index in [0.29, 0.717) is 24.4 Å². The van der Waals surface area contributed by atoms with Crippen LogP contribution in [0.15, 0.2) is 18.2 Å². The highest BCUT2D eigenvalue weighted by atomic mass is 16.3. The van der Waals surface area contributed by atoms with Gasteiger partial charge in [0.15, 0.2) is 0 Å². The third kappa shape index (κ3) is 5.67. The Balaban J connectivity index is 1.61. The molecular weight excluding hydrogens is 362 g/mol. The number of carbonyl (C=O) groups is 1. The number of phenolic OH excluding ortho intramolecular Hbond substituents is 2. The minimum absolute atomic E-state index is 0.0767. The molecule has 0 aromatic heterocycles. The summed E-state index contributed by atoms with van der Waals surface area (Å²) in [4.78, 5) is 15.6. The first-order valence-corrected chi connectivity index (χ1v) is 11.7. The molecule has 0 unspecified atom stereocenters. The van der Waals surface area contributed by atoms with Gasteiger partial charge in [-0.15, -0.1) is 0 Å². The van der Waals surface area contributed by atoms with E-state index in [4.69, 9.17) is 0 Å². The number of rotatable bonds is 7. The molecule has 162 valence electrons. The molecule has 4 nitrogen and oxygen atoms in total. The number of hydrogen-bond acceptors (Lipinski definition) is 3. The number of hydrogen-bond donors (Lipinski definition) is 2. The highest BCUT2D eigenvalue weighted by Crippen LogP contribution is 2.37. The van der Waals surface area contributed by atoms with Crippen molar-refractivity contribution in [2.75, 3.05) is 0 Å². The predicted molar refractivity (Wildman–Crippen MR) is 117 cm³/mol. The average molecular weight is 402 g/mol. The molecule has 4 heteroatoms. The number of phenols is 2. The van der Waals surface area contributed by atoms with Crippen LogP contribution in [0.3, 0.4) is 0 Å². The van der Waals surface area contributed by atoms with Crippen molar-refractivity contribution in [1.82, 2.24) is 4.90 Å². The van der Waals surface area contributed by atoms with Gasteiger partial charge in [0.1, 0.15) is 11.5 Å². The van der Waals surface area contributed by atoms with Gasteiger partial charge in [-0.3, -0.25) is 4.79 Å². The van der Waals surface area contributed by atoms with E-state index in [1.54, 1.807) is 12.1 Å². The number of benzene rings is 1. The molecule has 1 aromatic rings. The van der Waals surface area contributed by atoms with Gasteiger partial charge in [-0.25, -0.2) is 0 Å². The van der Waals surface area contributed by atoms with E-state index in [9.17, 15) is 15.0 Å². The van der Waals surface area contributed by atoms with Crippen molar-refractivity contribution in [3.8, 4) is 11.5 Å². The Morgan fingerprint density at radius 1 is 0.966 bits per heavy atom. The van der Waals surface area contributed by atoms with Gasteiger partial charge in [0, 0.05) is 24.6 Å². The molecule has 0 bridgehead atoms. The van der Waals surface area contributed by atoms with Crippen LogP contribution in [-0.2, 0) is 10.2 Å². The molecule has 2 aliphatic rings. The van der Waals surface area contributed by atoms with E-state index >= 15 is 0 Å². The highest BCUT2D eigenvalue weighted by Gasteiger charge is 2.32. The molecule has 0 heterocycles. The normalized spacial score (nSPS) is 19.2. The Bertz CT molecular complexity index is 655. The summed E-state index contributed by atoms with van der Waals surface area (Å²) in [5.41, 5.74) is 0.595. The molecule has 2 fully saturated rings. The second-order valence-corrected chi connectivity index (χ2v) is 9.82. The zero-order chi connectivity index (χ0) is 20.9. The Morgan fingerprint density at radius 2 is 1.52 bits per heavy atom. The summed E-state index contributed by atoms with van der Waals surface area (Å²) in [5, 5.41) is 19.8. The summed E-state index contributed by atoms with van der Waals surface area (Å²) < 4.78 is 0. The van der Waals surface area contributed by atoms with Crippen LogP contribution in [0.5, 0.6) is 11.5 Å². The fourth-order valence-corrected chi connectivity index (χ4v) is 5.46. The van der Waals surface area contributed by atoms with Crippen LogP contribution >= 0.6 is 0 Å². The first-order chi connectivity index (χ1) is 13.9. The smallest absolute Gasteiger partial charge is 0.223 e. The maximum absolute atomic E-state index is 13.3. The molecule has 2 saturated carbocycles. The number of nitrogens with zero attached hydrogens (tertiary/aromatic N) is 1. The van der Waals surface area contributed by atoms with Crippen LogP contribution in [-0.4, -0.2) is 33.1 Å². The first kappa shape index (κ1) is 22.0. The molecule has 1 aromatic carbocycles. The Kier molecular flexibility index (Phi) is 7.48. The van der Waals surface area contributed by atoms with Crippen molar-refractivity contribution in [3.05, 3.63) is 23.8 Å². The molecule has 0 radical (unpaired) electrons. The molecule has 2 aliphatic carbocycles. The van der Waals surface area contributed by atoms with Gasteiger partial charge in [0.05, 0.1) is 0 Å². The van der Waals surface area contributed by atoms with Crippen LogP contribution in [0.4, 0.5) is 0 Å². The summed E-state index contributed by atoms with van der Waals surface area (Å²) >= 11 is 0. The zero-order valence-electron chi connectivity index (χ0n) is 18.3. The molecule has 0 atom stereocenters. The molecule has 0 aliphatic heterocycles. The van der Waals surface area contributed by atoms with Crippen molar-refractivity contribution < 1.29 is 15.0 Å². The van der Waals surface area contributed by atoms with Crippen molar-refractivity contribution in [2.24, 2.45) is 0 Å². The molecule has 29 heavy (non-hydrogen) atoms. The van der Waals surface area contributed by atoms with Crippen LogP contribution < -0.4 is 0 Å². The standard InChI is InChI=1S/C25H39NO3/c1-25(2,22-16-15-21(27)18-23(22)28)17-9-14-24(29)26(19-10-5-3-6-11-19)20-12-7-4-8-13-20/h15-16,18-20,27-28H,3-14,17H2,1-2H3. The lowest BCUT2D eigenvalue weighted by Crippen LogP contribution is -2.48. The fourth-order valence-electron chi connectivity index (χ4n) is 5.46. The van der Waals surface area contributed by atoms with E-state index < -0.39 is 0 Å². The minimum Gasteiger partial charge on any atom is -0.508 e. The lowest BCUT2D eigenvalue weighted by atomic mass is 9.79. The topological polar surface area (TPSA) is 60.8 Å². The fraction of sp³-hybridized carbons (Fsp3) is 0.720. The van der Waals surface area contributed by atoms with Gasteiger partial charge in [0.25, 0.3) is 0 Å². The molecule has 3 rings (SSSR count). The SMILES string of the molecule is CC(C)(CCCC(=O)N(C1CCCCC1)C1CCCCC1)c1ccc(O)cc1O. The monoisotopic (exact) mass is 401 g/mol. The second kappa shape index (κ2) is 9.86. The van der Waals surface area contributed by atoms with E-state index in [-0.39, 0.29) is 16.9 Å². The lowest BCUT2D eigenvalue weighted by Gasteiger charge is -2.42. The van der Waals surface area contributed by atoms with Crippen LogP contribution in [0.2, 0.25) is 0 Å². The summed E-state index contributed by atoms with van der Waals surface area (Å²) in [6, 6.07) is 5.72. The lowest BCUT2D eigenvalue weighted by molar-refractivity contribution is -0.138. The van der Waals surface area contributed by atoms with Crippen LogP contribution in [0.25, 0.3) is 0 Å². The number of amides is 1. The van der Waals surface area contributed by atoms with E-state index in [2.05, 4.69) is 18.7 Å². The highest BCUT2D eigenvalue weighted by molar-refractivity contribution is 5.77. The van der Waals surface area contributed by atoms with Crippen molar-refractivity contribution in [1.29, 1.82) is 0 Å². The summed E-state index contributed by atoms with van der Waals surface area (Å²) in [6.45, 7) is 4.20. The predicted octanol–water partition coefficient (Wildman–Crippen LogP) is 6.04. The number of aromatic hydroxyl groups is 2. The van der Waals surface area contributed by atoms with E-state index in [1.807, 2.05) is 0 Å². The summed E-state index contributed by atoms with van der Waals surface area (Å²) in [5.74, 6) is 0.551. The van der Waals surface area contributed by atoms with Gasteiger partial charge in [-0.1, -0.05) is 58.4 Å². The average Bonchev–Trinajstić information content (AvgIpc) is 2.69. The summed E-state index contributed by atoms with van der Waals surface area (Å²) in [6.07, 6.45) is 14.6. The van der Waals surface area contributed by atoms with Gasteiger partial charge in [0.2, 0.25) is 5.91 Å². The van der Waals surface area contributed by atoms with Gasteiger partial charge in [-0.05, 0) is 55.6 Å². The van der Waals surface area contributed by atoms with Crippen LogP contribution in [0, 0.1) is 0 Å². The zero-order valence-corrected chi connectivity index (χ0v) is 18.3. The van der Waals surface area contributed by atoms with Gasteiger partial charge >= 0.3 is 0 Å². The Morgan fingerprint density at radius 3 is 2.03 bits per heavy atom. The summed E-state index contributed by atoms with van der Waals surface area (Å²) in [7, 11) is 0. The van der Waals surface area contributed by atoms with Gasteiger partial charge in [-0.2, -0.15) is 0 Å². The molecule has 0 spiro atoms. The van der Waals surface area contributed by atoms with Gasteiger partial charge < -0.3 is 15.1 Å². The number of carbonyl (C=O) groups excluding carboxylic acids is 1. The van der Waals surface area contributed by atoms with Crippen molar-refractivity contribution >= 4 is 5.91 Å². The minimum atomic E-state index is -0.238. The quantitative estimate of drug-likeness (QED) is 0.585. The second-order valence-electron chi connectivity index (χ2n) is 9.82. The van der Waals surface area contributed by atoms with Crippen LogP contribution in [0.1, 0.15) is 103 Å². The third-order valence-corrected chi connectivity index (χ3v) is 7.13. The van der Waals surface area contributed by atoms with E-state index in [0.717, 1.165) is 18.4 Å². The van der Waals surface area contributed by atoms with Crippen molar-refractivity contribution in [2.45, 2.75) is 115 Å². The maximum atomic E-state index is 13.3.